The van der Waals surface area contributed by atoms with Crippen LogP contribution in [0.4, 0.5) is 0 Å². The Morgan fingerprint density at radius 2 is 2.12 bits per heavy atom. The summed E-state index contributed by atoms with van der Waals surface area (Å²) in [5, 5.41) is 3.98. The predicted octanol–water partition coefficient (Wildman–Crippen LogP) is 3.04. The van der Waals surface area contributed by atoms with E-state index in [0.717, 1.165) is 6.42 Å². The molecule has 26 heavy (non-hydrogen) atoms. The van der Waals surface area contributed by atoms with Gasteiger partial charge in [-0.3, -0.25) is 14.2 Å². The van der Waals surface area contributed by atoms with Gasteiger partial charge >= 0.3 is 0 Å². The van der Waals surface area contributed by atoms with E-state index in [9.17, 15) is 9.59 Å². The molecule has 1 amide bonds. The highest BCUT2D eigenvalue weighted by Gasteiger charge is 2.15. The van der Waals surface area contributed by atoms with Crippen molar-refractivity contribution in [1.82, 2.24) is 14.9 Å². The van der Waals surface area contributed by atoms with Gasteiger partial charge in [0.25, 0.3) is 5.56 Å². The lowest BCUT2D eigenvalue weighted by Crippen LogP contribution is -2.33. The number of amides is 1. The number of nitrogens with one attached hydrogen (secondary N) is 1. The van der Waals surface area contributed by atoms with Gasteiger partial charge in [0.1, 0.15) is 5.76 Å². The van der Waals surface area contributed by atoms with Crippen molar-refractivity contribution in [2.24, 2.45) is 0 Å². The third-order valence-electron chi connectivity index (χ3n) is 4.07. The minimum atomic E-state index is -0.142. The fraction of sp³-hybridized carbons (Fsp3) is 0.316. The van der Waals surface area contributed by atoms with Crippen LogP contribution in [0.2, 0.25) is 0 Å². The van der Waals surface area contributed by atoms with Gasteiger partial charge in [-0.2, -0.15) is 0 Å². The first-order valence-corrected chi connectivity index (χ1v) is 9.51. The third-order valence-corrected chi connectivity index (χ3v) is 5.05. The van der Waals surface area contributed by atoms with Crippen molar-refractivity contribution in [2.75, 3.05) is 5.75 Å². The second kappa shape index (κ2) is 8.23. The molecule has 0 aliphatic rings. The number of nitrogens with zero attached hydrogens (tertiary/aromatic N) is 2. The average Bonchev–Trinajstić information content (AvgIpc) is 3.15. The highest BCUT2D eigenvalue weighted by atomic mass is 32.2. The van der Waals surface area contributed by atoms with Crippen molar-refractivity contribution in [1.29, 1.82) is 0 Å². The summed E-state index contributed by atoms with van der Waals surface area (Å²) in [5.41, 5.74) is 0.481. The molecular weight excluding hydrogens is 350 g/mol. The van der Waals surface area contributed by atoms with Crippen LogP contribution < -0.4 is 10.9 Å². The summed E-state index contributed by atoms with van der Waals surface area (Å²) >= 11 is 1.26. The lowest BCUT2D eigenvalue weighted by Gasteiger charge is -2.13. The molecule has 0 saturated heterocycles. The molecule has 0 aliphatic carbocycles. The number of fused-ring (bicyclic) bond motifs is 1. The quantitative estimate of drug-likeness (QED) is 0.510. The van der Waals surface area contributed by atoms with Gasteiger partial charge in [0.2, 0.25) is 5.91 Å². The van der Waals surface area contributed by atoms with Gasteiger partial charge in [-0.05, 0) is 37.6 Å². The van der Waals surface area contributed by atoms with E-state index in [1.807, 2.05) is 32.0 Å². The van der Waals surface area contributed by atoms with Crippen molar-refractivity contribution in [3.8, 4) is 0 Å². The maximum absolute atomic E-state index is 12.9. The lowest BCUT2D eigenvalue weighted by molar-refractivity contribution is -0.119. The fourth-order valence-electron chi connectivity index (χ4n) is 2.50. The molecule has 3 rings (SSSR count). The molecule has 3 aromatic rings. The standard InChI is InChI=1S/C19H21N3O3S/c1-3-13(2)20-17(23)12-26-19-21-16-9-5-4-8-15(16)18(24)22(19)11-14-7-6-10-25-14/h4-10,13H,3,11-12H2,1-2H3,(H,20,23)/t13-/m0/s1. The predicted molar refractivity (Wildman–Crippen MR) is 102 cm³/mol. The number of para-hydroxylation sites is 1. The van der Waals surface area contributed by atoms with Crippen molar-refractivity contribution in [3.05, 3.63) is 58.8 Å². The van der Waals surface area contributed by atoms with Gasteiger partial charge in [0.15, 0.2) is 5.16 Å². The number of rotatable bonds is 7. The monoisotopic (exact) mass is 371 g/mol. The number of carbonyl (C=O) groups excluding carboxylic acids is 1. The van der Waals surface area contributed by atoms with Crippen LogP contribution in [0.5, 0.6) is 0 Å². The molecule has 0 spiro atoms. The van der Waals surface area contributed by atoms with E-state index in [-0.39, 0.29) is 29.8 Å². The summed E-state index contributed by atoms with van der Waals surface area (Å²) in [6.45, 7) is 4.26. The van der Waals surface area contributed by atoms with Crippen LogP contribution in [0.15, 0.2) is 57.0 Å². The van der Waals surface area contributed by atoms with E-state index in [4.69, 9.17) is 4.42 Å². The molecular formula is C19H21N3O3S. The molecule has 0 bridgehead atoms. The molecule has 0 unspecified atom stereocenters. The zero-order chi connectivity index (χ0) is 18.5. The number of benzene rings is 1. The Balaban J connectivity index is 1.91. The molecule has 2 heterocycles. The average molecular weight is 371 g/mol. The second-order valence-corrected chi connectivity index (χ2v) is 6.99. The van der Waals surface area contributed by atoms with E-state index in [1.165, 1.54) is 11.8 Å². The fourth-order valence-corrected chi connectivity index (χ4v) is 3.31. The number of carbonyl (C=O) groups is 1. The number of aromatic nitrogens is 2. The molecule has 2 aromatic heterocycles. The van der Waals surface area contributed by atoms with Crippen molar-refractivity contribution in [3.63, 3.8) is 0 Å². The van der Waals surface area contributed by atoms with Crippen molar-refractivity contribution in [2.45, 2.75) is 38.0 Å². The van der Waals surface area contributed by atoms with Gasteiger partial charge in [-0.15, -0.1) is 0 Å². The normalized spacial score (nSPS) is 12.2. The Morgan fingerprint density at radius 1 is 1.31 bits per heavy atom. The first-order valence-electron chi connectivity index (χ1n) is 8.52. The smallest absolute Gasteiger partial charge is 0.262 e. The van der Waals surface area contributed by atoms with Crippen molar-refractivity contribution < 1.29 is 9.21 Å². The van der Waals surface area contributed by atoms with Gasteiger partial charge in [0, 0.05) is 6.04 Å². The zero-order valence-corrected chi connectivity index (χ0v) is 15.6. The molecule has 1 aromatic carbocycles. The molecule has 0 saturated carbocycles. The summed E-state index contributed by atoms with van der Waals surface area (Å²) in [6.07, 6.45) is 2.44. The largest absolute Gasteiger partial charge is 0.467 e. The Bertz CT molecular complexity index is 950. The number of hydrogen-bond donors (Lipinski definition) is 1. The highest BCUT2D eigenvalue weighted by molar-refractivity contribution is 7.99. The van der Waals surface area contributed by atoms with Gasteiger partial charge < -0.3 is 9.73 Å². The van der Waals surface area contributed by atoms with Crippen molar-refractivity contribution >= 4 is 28.6 Å². The highest BCUT2D eigenvalue weighted by Crippen LogP contribution is 2.19. The SMILES string of the molecule is CC[C@H](C)NC(=O)CSc1nc2ccccc2c(=O)n1Cc1ccco1. The van der Waals surface area contributed by atoms with E-state index in [1.54, 1.807) is 29.0 Å². The van der Waals surface area contributed by atoms with Crippen LogP contribution in [0.3, 0.4) is 0 Å². The first kappa shape index (κ1) is 18.3. The van der Waals surface area contributed by atoms with Gasteiger partial charge in [-0.25, -0.2) is 4.98 Å². The maximum atomic E-state index is 12.9. The van der Waals surface area contributed by atoms with E-state index < -0.39 is 0 Å². The summed E-state index contributed by atoms with van der Waals surface area (Å²) in [4.78, 5) is 29.6. The summed E-state index contributed by atoms with van der Waals surface area (Å²) in [6, 6.07) is 10.9. The van der Waals surface area contributed by atoms with E-state index >= 15 is 0 Å². The summed E-state index contributed by atoms with van der Waals surface area (Å²) in [7, 11) is 0. The molecule has 0 aliphatic heterocycles. The molecule has 0 fully saturated rings. The third kappa shape index (κ3) is 4.16. The zero-order valence-electron chi connectivity index (χ0n) is 14.8. The summed E-state index contributed by atoms with van der Waals surface area (Å²) < 4.78 is 6.93. The van der Waals surface area contributed by atoms with Crippen LogP contribution in [-0.4, -0.2) is 27.3 Å². The van der Waals surface area contributed by atoms with Crippen LogP contribution in [0.25, 0.3) is 10.9 Å². The van der Waals surface area contributed by atoms with Crippen LogP contribution in [0, 0.1) is 0 Å². The Labute approximate surface area is 155 Å². The van der Waals surface area contributed by atoms with E-state index in [2.05, 4.69) is 10.3 Å². The molecule has 6 nitrogen and oxygen atoms in total. The topological polar surface area (TPSA) is 77.1 Å². The molecule has 1 N–H and O–H groups in total. The van der Waals surface area contributed by atoms with Gasteiger partial charge in [0.05, 0.1) is 29.5 Å². The number of thioether (sulfide) groups is 1. The first-order chi connectivity index (χ1) is 12.6. The van der Waals surface area contributed by atoms with Gasteiger partial charge in [-0.1, -0.05) is 30.8 Å². The molecule has 7 heteroatoms. The minimum absolute atomic E-state index is 0.0729. The Morgan fingerprint density at radius 3 is 2.85 bits per heavy atom. The Kier molecular flexibility index (Phi) is 5.78. The summed E-state index contributed by atoms with van der Waals surface area (Å²) in [5.74, 6) is 0.791. The van der Waals surface area contributed by atoms with Crippen LogP contribution in [0.1, 0.15) is 26.0 Å². The number of hydrogen-bond acceptors (Lipinski definition) is 5. The maximum Gasteiger partial charge on any atom is 0.262 e. The van der Waals surface area contributed by atoms with Crippen LogP contribution >= 0.6 is 11.8 Å². The lowest BCUT2D eigenvalue weighted by atomic mass is 10.2. The second-order valence-electron chi connectivity index (χ2n) is 6.05. The Hall–Kier alpha value is -2.54. The molecule has 0 radical (unpaired) electrons. The van der Waals surface area contributed by atoms with E-state index in [0.29, 0.717) is 21.8 Å². The van der Waals surface area contributed by atoms with Crippen LogP contribution in [-0.2, 0) is 11.3 Å². The number of furan rings is 1. The minimum Gasteiger partial charge on any atom is -0.467 e. The molecule has 1 atom stereocenters. The molecule has 136 valence electrons.